The molecule has 0 aliphatic rings. The van der Waals surface area contributed by atoms with Gasteiger partial charge in [0, 0.05) is 19.4 Å². The second-order valence-electron chi connectivity index (χ2n) is 15.0. The number of nitrogens with one attached hydrogen (secondary N) is 1. The Balaban J connectivity index is 3.60. The molecule has 0 saturated heterocycles. The van der Waals surface area contributed by atoms with Crippen molar-refractivity contribution in [3.05, 3.63) is 48.6 Å². The van der Waals surface area contributed by atoms with Crippen LogP contribution in [0.5, 0.6) is 0 Å². The van der Waals surface area contributed by atoms with Crippen LogP contribution in [0.4, 0.5) is 0 Å². The van der Waals surface area contributed by atoms with Gasteiger partial charge >= 0.3 is 13.8 Å². The number of phosphoric acid groups is 1. The molecule has 0 radical (unpaired) electrons. The molecule has 0 heterocycles. The monoisotopic (exact) mass is 810 g/mol. The van der Waals surface area contributed by atoms with Crippen LogP contribution in [0.25, 0.3) is 0 Å². The average Bonchev–Trinajstić information content (AvgIpc) is 3.18. The Labute approximate surface area is 343 Å². The lowest BCUT2D eigenvalue weighted by Gasteiger charge is -2.15. The molecule has 0 aliphatic heterocycles. The van der Waals surface area contributed by atoms with E-state index < -0.39 is 26.5 Å². The first-order valence-corrected chi connectivity index (χ1v) is 24.1. The summed E-state index contributed by atoms with van der Waals surface area (Å²) in [7, 11) is -4.43. The number of hydrogen-bond donors (Lipinski definition) is 3. The first kappa shape index (κ1) is 54.0. The van der Waals surface area contributed by atoms with Crippen molar-refractivity contribution in [2.45, 2.75) is 206 Å². The van der Waals surface area contributed by atoms with Crippen LogP contribution < -0.4 is 5.32 Å². The lowest BCUT2D eigenvalue weighted by Crippen LogP contribution is -2.27. The van der Waals surface area contributed by atoms with E-state index in [0.717, 1.165) is 57.8 Å². The zero-order chi connectivity index (χ0) is 41.1. The number of allylic oxidation sites excluding steroid dienone is 8. The number of carbonyl (C=O) groups excluding carboxylic acids is 2. The Morgan fingerprint density at radius 2 is 1.02 bits per heavy atom. The zero-order valence-corrected chi connectivity index (χ0v) is 36.7. The van der Waals surface area contributed by atoms with Gasteiger partial charge in [-0.1, -0.05) is 184 Å². The van der Waals surface area contributed by atoms with Gasteiger partial charge in [-0.15, -0.1) is 0 Å². The molecule has 2 atom stereocenters. The van der Waals surface area contributed by atoms with Crippen molar-refractivity contribution in [3.63, 3.8) is 0 Å². The maximum atomic E-state index is 12.1. The summed E-state index contributed by atoms with van der Waals surface area (Å²) in [5.41, 5.74) is 0. The van der Waals surface area contributed by atoms with E-state index >= 15 is 0 Å². The molecule has 0 fully saturated rings. The molecule has 0 saturated carbocycles. The third-order valence-electron chi connectivity index (χ3n) is 9.52. The van der Waals surface area contributed by atoms with Gasteiger partial charge in [0.25, 0.3) is 0 Å². The maximum Gasteiger partial charge on any atom is 0.472 e. The van der Waals surface area contributed by atoms with Gasteiger partial charge in [-0.3, -0.25) is 18.6 Å². The number of carbonyl (C=O) groups is 2. The predicted octanol–water partition coefficient (Wildman–Crippen LogP) is 12.7. The first-order chi connectivity index (χ1) is 27.3. The minimum absolute atomic E-state index is 0.0778. The topological polar surface area (TPSA) is 131 Å². The molecule has 9 nitrogen and oxygen atoms in total. The van der Waals surface area contributed by atoms with Crippen molar-refractivity contribution in [1.29, 1.82) is 0 Å². The molecule has 2 unspecified atom stereocenters. The van der Waals surface area contributed by atoms with Crippen molar-refractivity contribution in [1.82, 2.24) is 5.32 Å². The number of phosphoric ester groups is 1. The molecule has 326 valence electrons. The van der Waals surface area contributed by atoms with Crippen LogP contribution in [0.1, 0.15) is 200 Å². The molecular formula is C46H84NO8P. The fraction of sp³-hybridized carbons (Fsp3) is 0.783. The average molecular weight is 810 g/mol. The third kappa shape index (κ3) is 43.1. The summed E-state index contributed by atoms with van der Waals surface area (Å²) >= 11 is 0. The standard InChI is InChI=1S/C46H84NO8P/c1-3-5-7-9-11-13-15-17-19-20-21-22-23-25-26-28-30-32-34-36-38-45(49)47-40-41-54-56(51,52)55-43-44(48)42-53-46(50)39-37-35-33-31-29-27-24-18-16-14-12-10-8-6-4-2/h6,8,12,14,18,24,29,31,44,48H,3-5,7,9-11,13,15-17,19-23,25-28,30,32-43H2,1-2H3,(H,47,49)(H,51,52)/b8-6-,14-12-,24-18-,31-29-. The molecule has 10 heteroatoms. The highest BCUT2D eigenvalue weighted by Gasteiger charge is 2.23. The van der Waals surface area contributed by atoms with E-state index in [2.05, 4.69) is 67.8 Å². The van der Waals surface area contributed by atoms with Crippen molar-refractivity contribution in [3.8, 4) is 0 Å². The predicted molar refractivity (Wildman–Crippen MR) is 234 cm³/mol. The molecule has 0 aromatic heterocycles. The number of rotatable bonds is 42. The molecule has 0 rings (SSSR count). The number of ether oxygens (including phenoxy) is 1. The van der Waals surface area contributed by atoms with Crippen LogP contribution >= 0.6 is 7.82 Å². The van der Waals surface area contributed by atoms with E-state index in [0.29, 0.717) is 12.8 Å². The van der Waals surface area contributed by atoms with Gasteiger partial charge in [-0.25, -0.2) is 4.57 Å². The molecule has 0 aromatic carbocycles. The number of amides is 1. The van der Waals surface area contributed by atoms with Crippen molar-refractivity contribution < 1.29 is 37.9 Å². The van der Waals surface area contributed by atoms with E-state index in [1.807, 2.05) is 0 Å². The van der Waals surface area contributed by atoms with E-state index in [4.69, 9.17) is 13.8 Å². The summed E-state index contributed by atoms with van der Waals surface area (Å²) in [5, 5.41) is 12.7. The maximum absolute atomic E-state index is 12.1. The van der Waals surface area contributed by atoms with Crippen LogP contribution in [0.2, 0.25) is 0 Å². The van der Waals surface area contributed by atoms with Crippen LogP contribution in [0.3, 0.4) is 0 Å². The fourth-order valence-corrected chi connectivity index (χ4v) is 6.89. The molecular weight excluding hydrogens is 725 g/mol. The molecule has 1 amide bonds. The van der Waals surface area contributed by atoms with Crippen LogP contribution in [-0.2, 0) is 27.9 Å². The highest BCUT2D eigenvalue weighted by molar-refractivity contribution is 7.47. The summed E-state index contributed by atoms with van der Waals surface area (Å²) < 4.78 is 26.8. The molecule has 0 spiro atoms. The quantitative estimate of drug-likeness (QED) is 0.0240. The van der Waals surface area contributed by atoms with E-state index in [9.17, 15) is 24.2 Å². The number of unbranched alkanes of at least 4 members (excludes halogenated alkanes) is 21. The van der Waals surface area contributed by atoms with Gasteiger partial charge in [0.2, 0.25) is 5.91 Å². The first-order valence-electron chi connectivity index (χ1n) is 22.6. The second kappa shape index (κ2) is 42.6. The van der Waals surface area contributed by atoms with Crippen molar-refractivity contribution in [2.75, 3.05) is 26.4 Å². The summed E-state index contributed by atoms with van der Waals surface area (Å²) in [6.07, 6.45) is 49.1. The van der Waals surface area contributed by atoms with Gasteiger partial charge < -0.3 is 20.1 Å². The van der Waals surface area contributed by atoms with Gasteiger partial charge in [-0.2, -0.15) is 0 Å². The molecule has 0 aliphatic carbocycles. The van der Waals surface area contributed by atoms with Gasteiger partial charge in [0.05, 0.1) is 13.2 Å². The number of aliphatic hydroxyl groups excluding tert-OH is 1. The van der Waals surface area contributed by atoms with Gasteiger partial charge in [-0.05, 0) is 51.4 Å². The Morgan fingerprint density at radius 3 is 1.52 bits per heavy atom. The highest BCUT2D eigenvalue weighted by atomic mass is 31.2. The largest absolute Gasteiger partial charge is 0.472 e. The smallest absolute Gasteiger partial charge is 0.463 e. The van der Waals surface area contributed by atoms with Crippen LogP contribution in [0.15, 0.2) is 48.6 Å². The van der Waals surface area contributed by atoms with E-state index in [1.165, 1.54) is 109 Å². The number of hydrogen-bond acceptors (Lipinski definition) is 7. The summed E-state index contributed by atoms with van der Waals surface area (Å²) in [6.45, 7) is 3.41. The SMILES string of the molecule is CC/C=C\C/C=C\C/C=C\C/C=C\CCCCC(=O)OCC(O)COP(=O)(O)OCCNC(=O)CCCCCCCCCCCCCCCCCCCCCC. The Hall–Kier alpha value is -2.03. The molecule has 0 aromatic rings. The zero-order valence-electron chi connectivity index (χ0n) is 35.8. The lowest BCUT2D eigenvalue weighted by molar-refractivity contribution is -0.147. The molecule has 56 heavy (non-hydrogen) atoms. The Bertz CT molecular complexity index is 1060. The fourth-order valence-electron chi connectivity index (χ4n) is 6.14. The molecule has 3 N–H and O–H groups in total. The summed E-state index contributed by atoms with van der Waals surface area (Å²) in [6, 6.07) is 0. The van der Waals surface area contributed by atoms with Gasteiger partial charge in [0.15, 0.2) is 0 Å². The lowest BCUT2D eigenvalue weighted by atomic mass is 10.0. The molecule has 0 bridgehead atoms. The van der Waals surface area contributed by atoms with E-state index in [-0.39, 0.29) is 32.1 Å². The Morgan fingerprint density at radius 1 is 0.571 bits per heavy atom. The van der Waals surface area contributed by atoms with Crippen molar-refractivity contribution in [2.24, 2.45) is 0 Å². The van der Waals surface area contributed by atoms with Gasteiger partial charge in [0.1, 0.15) is 12.7 Å². The van der Waals surface area contributed by atoms with Crippen LogP contribution in [-0.4, -0.2) is 54.3 Å². The third-order valence-corrected chi connectivity index (χ3v) is 10.5. The normalized spacial score (nSPS) is 13.7. The van der Waals surface area contributed by atoms with E-state index in [1.54, 1.807) is 0 Å². The number of aliphatic hydroxyl groups is 1. The highest BCUT2D eigenvalue weighted by Crippen LogP contribution is 2.42. The Kier molecular flexibility index (Phi) is 41.0. The number of esters is 1. The van der Waals surface area contributed by atoms with Crippen molar-refractivity contribution >= 4 is 19.7 Å². The summed E-state index contributed by atoms with van der Waals surface area (Å²) in [5.74, 6) is -0.555. The van der Waals surface area contributed by atoms with Crippen LogP contribution in [0, 0.1) is 0 Å². The second-order valence-corrected chi connectivity index (χ2v) is 16.5. The minimum atomic E-state index is -4.43. The summed E-state index contributed by atoms with van der Waals surface area (Å²) in [4.78, 5) is 33.9. The minimum Gasteiger partial charge on any atom is -0.463 e.